The molecule has 0 spiro atoms. The van der Waals surface area contributed by atoms with Crippen LogP contribution in [0.5, 0.6) is 0 Å². The average Bonchev–Trinajstić information content (AvgIpc) is 2.68. The van der Waals surface area contributed by atoms with Crippen LogP contribution in [0.2, 0.25) is 0 Å². The second kappa shape index (κ2) is 8.38. The molecule has 1 unspecified atom stereocenters. The standard InChI is InChI=1S/C19H26N4O3S/c1-16-5-4-8-21(14-16)15-19(24)22-9-11-23(12-10-22)27(25,26)18-7-3-2-6-17(18)13-20/h2-3,6-7,16H,4-5,8-12,14-15H2,1H3/p+1/t16-/m0/s1. The molecule has 2 aliphatic heterocycles. The maximum atomic E-state index is 12.9. The Labute approximate surface area is 161 Å². The molecule has 1 aromatic rings. The molecule has 2 atom stereocenters. The molecule has 1 N–H and O–H groups in total. The fourth-order valence-corrected chi connectivity index (χ4v) is 5.55. The van der Waals surface area contributed by atoms with Crippen molar-refractivity contribution in [3.63, 3.8) is 0 Å². The molecular weight excluding hydrogens is 364 g/mol. The molecule has 0 aliphatic carbocycles. The van der Waals surface area contributed by atoms with Crippen molar-refractivity contribution in [1.29, 1.82) is 5.26 Å². The molecular formula is C19H27N4O3S+. The summed E-state index contributed by atoms with van der Waals surface area (Å²) in [7, 11) is -3.72. The maximum absolute atomic E-state index is 12.9. The summed E-state index contributed by atoms with van der Waals surface area (Å²) in [6.07, 6.45) is 2.40. The molecule has 2 fully saturated rings. The maximum Gasteiger partial charge on any atom is 0.277 e. The Hall–Kier alpha value is -1.95. The van der Waals surface area contributed by atoms with Crippen LogP contribution in [0.1, 0.15) is 25.3 Å². The van der Waals surface area contributed by atoms with Gasteiger partial charge in [-0.2, -0.15) is 9.57 Å². The highest BCUT2D eigenvalue weighted by atomic mass is 32.2. The van der Waals surface area contributed by atoms with Crippen molar-refractivity contribution in [3.05, 3.63) is 29.8 Å². The normalized spacial score (nSPS) is 24.4. The third-order valence-electron chi connectivity index (χ3n) is 5.48. The van der Waals surface area contributed by atoms with Gasteiger partial charge < -0.3 is 9.80 Å². The van der Waals surface area contributed by atoms with Gasteiger partial charge in [-0.15, -0.1) is 0 Å². The van der Waals surface area contributed by atoms with Crippen LogP contribution in [0.3, 0.4) is 0 Å². The van der Waals surface area contributed by atoms with Crippen LogP contribution in [0.4, 0.5) is 0 Å². The van der Waals surface area contributed by atoms with Gasteiger partial charge in [0.1, 0.15) is 6.07 Å². The van der Waals surface area contributed by atoms with Crippen LogP contribution < -0.4 is 4.90 Å². The fraction of sp³-hybridized carbons (Fsp3) is 0.579. The van der Waals surface area contributed by atoms with Gasteiger partial charge in [0, 0.05) is 32.1 Å². The minimum absolute atomic E-state index is 0.0408. The van der Waals surface area contributed by atoms with E-state index in [1.807, 2.05) is 6.07 Å². The number of benzene rings is 1. The second-order valence-corrected chi connectivity index (χ2v) is 9.43. The van der Waals surface area contributed by atoms with Crippen molar-refractivity contribution >= 4 is 15.9 Å². The molecule has 2 heterocycles. The molecule has 1 amide bonds. The van der Waals surface area contributed by atoms with Crippen LogP contribution in [0.25, 0.3) is 0 Å². The van der Waals surface area contributed by atoms with E-state index in [1.54, 1.807) is 17.0 Å². The van der Waals surface area contributed by atoms with E-state index < -0.39 is 10.0 Å². The molecule has 7 nitrogen and oxygen atoms in total. The summed E-state index contributed by atoms with van der Waals surface area (Å²) in [5, 5.41) is 9.18. The van der Waals surface area contributed by atoms with E-state index in [0.717, 1.165) is 19.5 Å². The fourth-order valence-electron chi connectivity index (χ4n) is 3.98. The highest BCUT2D eigenvalue weighted by Crippen LogP contribution is 2.21. The molecule has 1 aromatic carbocycles. The molecule has 8 heteroatoms. The molecule has 0 aromatic heterocycles. The summed E-state index contributed by atoms with van der Waals surface area (Å²) in [6.45, 7) is 6.12. The summed E-state index contributed by atoms with van der Waals surface area (Å²) >= 11 is 0. The number of sulfonamides is 1. The van der Waals surface area contributed by atoms with E-state index in [1.165, 1.54) is 27.8 Å². The average molecular weight is 392 g/mol. The lowest BCUT2D eigenvalue weighted by molar-refractivity contribution is -0.900. The van der Waals surface area contributed by atoms with Gasteiger partial charge >= 0.3 is 0 Å². The van der Waals surface area contributed by atoms with E-state index in [2.05, 4.69) is 6.92 Å². The first kappa shape index (κ1) is 19.8. The molecule has 27 heavy (non-hydrogen) atoms. The Balaban J connectivity index is 1.60. The number of nitrogens with one attached hydrogen (secondary N) is 1. The predicted molar refractivity (Wildman–Crippen MR) is 100 cm³/mol. The van der Waals surface area contributed by atoms with Gasteiger partial charge in [0.05, 0.1) is 23.5 Å². The first-order valence-corrected chi connectivity index (χ1v) is 11.0. The van der Waals surface area contributed by atoms with E-state index in [4.69, 9.17) is 0 Å². The van der Waals surface area contributed by atoms with Crippen molar-refractivity contribution < 1.29 is 18.1 Å². The van der Waals surface area contributed by atoms with Gasteiger partial charge in [0.15, 0.2) is 6.54 Å². The molecule has 2 saturated heterocycles. The number of nitrogens with zero attached hydrogens (tertiary/aromatic N) is 3. The number of carbonyl (C=O) groups is 1. The molecule has 3 rings (SSSR count). The third-order valence-corrected chi connectivity index (χ3v) is 7.44. The predicted octanol–water partition coefficient (Wildman–Crippen LogP) is -0.294. The number of hydrogen-bond acceptors (Lipinski definition) is 4. The zero-order valence-corrected chi connectivity index (χ0v) is 16.5. The molecule has 146 valence electrons. The number of quaternary nitrogens is 1. The van der Waals surface area contributed by atoms with Gasteiger partial charge in [-0.25, -0.2) is 8.42 Å². The van der Waals surface area contributed by atoms with Gasteiger partial charge in [-0.1, -0.05) is 19.1 Å². The van der Waals surface area contributed by atoms with Crippen molar-refractivity contribution in [2.75, 3.05) is 45.8 Å². The number of carbonyl (C=O) groups excluding carboxylic acids is 1. The van der Waals surface area contributed by atoms with Crippen LogP contribution in [-0.2, 0) is 14.8 Å². The van der Waals surface area contributed by atoms with E-state index in [-0.39, 0.29) is 29.5 Å². The van der Waals surface area contributed by atoms with Gasteiger partial charge in [-0.05, 0) is 25.0 Å². The number of nitriles is 1. The second-order valence-electron chi connectivity index (χ2n) is 7.52. The van der Waals surface area contributed by atoms with Crippen molar-refractivity contribution in [3.8, 4) is 6.07 Å². The van der Waals surface area contributed by atoms with Crippen molar-refractivity contribution in [2.45, 2.75) is 24.7 Å². The highest BCUT2D eigenvalue weighted by molar-refractivity contribution is 7.89. The Morgan fingerprint density at radius 1 is 1.26 bits per heavy atom. The summed E-state index contributed by atoms with van der Waals surface area (Å²) < 4.78 is 27.1. The first-order valence-electron chi connectivity index (χ1n) is 9.52. The summed E-state index contributed by atoms with van der Waals surface area (Å²) in [6, 6.07) is 8.19. The molecule has 0 radical (unpaired) electrons. The number of piperidine rings is 1. The number of rotatable bonds is 4. The molecule has 0 bridgehead atoms. The van der Waals surface area contributed by atoms with Crippen LogP contribution >= 0.6 is 0 Å². The zero-order valence-electron chi connectivity index (χ0n) is 15.7. The summed E-state index contributed by atoms with van der Waals surface area (Å²) in [5.41, 5.74) is 0.152. The van der Waals surface area contributed by atoms with Gasteiger partial charge in [0.2, 0.25) is 10.0 Å². The summed E-state index contributed by atoms with van der Waals surface area (Å²) in [5.74, 6) is 0.761. The lowest BCUT2D eigenvalue weighted by Crippen LogP contribution is -3.14. The van der Waals surface area contributed by atoms with E-state index in [9.17, 15) is 18.5 Å². The Bertz CT molecular complexity index is 826. The summed E-state index contributed by atoms with van der Waals surface area (Å²) in [4.78, 5) is 15.7. The largest absolute Gasteiger partial charge is 0.335 e. The first-order chi connectivity index (χ1) is 12.9. The van der Waals surface area contributed by atoms with Crippen molar-refractivity contribution in [2.24, 2.45) is 5.92 Å². The van der Waals surface area contributed by atoms with Gasteiger partial charge in [0.25, 0.3) is 5.91 Å². The van der Waals surface area contributed by atoms with Crippen LogP contribution in [0, 0.1) is 17.2 Å². The van der Waals surface area contributed by atoms with E-state index in [0.29, 0.717) is 25.6 Å². The van der Waals surface area contributed by atoms with Crippen LogP contribution in [0.15, 0.2) is 29.2 Å². The lowest BCUT2D eigenvalue weighted by atomic mass is 10.0. The molecule has 0 saturated carbocycles. The third kappa shape index (κ3) is 4.49. The highest BCUT2D eigenvalue weighted by Gasteiger charge is 2.33. The number of likely N-dealkylation sites (tertiary alicyclic amines) is 1. The van der Waals surface area contributed by atoms with E-state index >= 15 is 0 Å². The minimum Gasteiger partial charge on any atom is -0.335 e. The SMILES string of the molecule is C[C@H]1CCC[NH+](CC(=O)N2CCN(S(=O)(=O)c3ccccc3C#N)CC2)C1. The lowest BCUT2D eigenvalue weighted by Gasteiger charge is -2.35. The van der Waals surface area contributed by atoms with Gasteiger partial charge in [-0.3, -0.25) is 4.79 Å². The minimum atomic E-state index is -3.72. The Morgan fingerprint density at radius 3 is 2.63 bits per heavy atom. The smallest absolute Gasteiger partial charge is 0.277 e. The topological polar surface area (TPSA) is 85.9 Å². The van der Waals surface area contributed by atoms with Crippen LogP contribution in [-0.4, -0.2) is 69.3 Å². The Kier molecular flexibility index (Phi) is 6.15. The monoisotopic (exact) mass is 391 g/mol. The number of piperazine rings is 1. The molecule has 2 aliphatic rings. The number of amides is 1. The zero-order chi connectivity index (χ0) is 19.4. The number of hydrogen-bond donors (Lipinski definition) is 1. The quantitative estimate of drug-likeness (QED) is 0.764. The van der Waals surface area contributed by atoms with Crippen molar-refractivity contribution in [1.82, 2.24) is 9.21 Å². The Morgan fingerprint density at radius 2 is 1.96 bits per heavy atom.